The fourth-order valence-electron chi connectivity index (χ4n) is 4.10. The zero-order chi connectivity index (χ0) is 22.1. The number of carbonyl (C=O) groups is 2. The molecule has 1 aliphatic carbocycles. The Kier molecular flexibility index (Phi) is 9.01. The minimum Gasteiger partial charge on any atom is -0.352 e. The number of aryl methyl sites for hydroxylation is 1. The molecule has 1 aliphatic rings. The van der Waals surface area contributed by atoms with Crippen molar-refractivity contribution in [3.05, 3.63) is 71.3 Å². The normalized spacial score (nSPS) is 14.9. The van der Waals surface area contributed by atoms with Gasteiger partial charge in [-0.2, -0.15) is 0 Å². The lowest BCUT2D eigenvalue weighted by atomic mass is 10.1. The molecule has 1 unspecified atom stereocenters. The van der Waals surface area contributed by atoms with Crippen molar-refractivity contribution in [1.82, 2.24) is 10.2 Å². The van der Waals surface area contributed by atoms with Gasteiger partial charge in [0.05, 0.1) is 5.75 Å². The average Bonchev–Trinajstić information content (AvgIpc) is 3.27. The fourth-order valence-corrected chi connectivity index (χ4v) is 4.96. The summed E-state index contributed by atoms with van der Waals surface area (Å²) >= 11 is 1.61. The molecule has 31 heavy (non-hydrogen) atoms. The van der Waals surface area contributed by atoms with Crippen molar-refractivity contribution in [2.75, 3.05) is 12.3 Å². The molecule has 1 saturated carbocycles. The molecule has 1 fully saturated rings. The Balaban J connectivity index is 1.60. The Morgan fingerprint density at radius 1 is 1.06 bits per heavy atom. The summed E-state index contributed by atoms with van der Waals surface area (Å²) in [6, 6.07) is 18.3. The number of rotatable bonds is 10. The lowest BCUT2D eigenvalue weighted by Crippen LogP contribution is -2.51. The van der Waals surface area contributed by atoms with Crippen LogP contribution in [0.1, 0.15) is 49.3 Å². The van der Waals surface area contributed by atoms with Crippen LogP contribution in [0.15, 0.2) is 54.6 Å². The number of amides is 2. The van der Waals surface area contributed by atoms with E-state index in [9.17, 15) is 9.59 Å². The van der Waals surface area contributed by atoms with Crippen LogP contribution in [-0.4, -0.2) is 41.1 Å². The first kappa shape index (κ1) is 23.4. The number of benzene rings is 2. The van der Waals surface area contributed by atoms with Crippen molar-refractivity contribution in [2.45, 2.75) is 63.8 Å². The Morgan fingerprint density at radius 2 is 1.77 bits per heavy atom. The predicted molar refractivity (Wildman–Crippen MR) is 129 cm³/mol. The van der Waals surface area contributed by atoms with Gasteiger partial charge in [0.1, 0.15) is 6.04 Å². The largest absolute Gasteiger partial charge is 0.352 e. The Hall–Kier alpha value is -2.27. The Labute approximate surface area is 190 Å². The summed E-state index contributed by atoms with van der Waals surface area (Å²) in [6.07, 6.45) is 5.18. The standard InChI is InChI=1S/C26H34N2O2S/c1-20-9-8-12-23(17-20)18-31-19-25(29)28(16-15-22-10-4-3-5-11-22)21(2)26(30)27-24-13-6-7-14-24/h3-5,8-12,17,21,24H,6-7,13-16,18-19H2,1-2H3,(H,27,30). The van der Waals surface area contributed by atoms with Gasteiger partial charge in [0.25, 0.3) is 0 Å². The van der Waals surface area contributed by atoms with Crippen LogP contribution in [0.25, 0.3) is 0 Å². The van der Waals surface area contributed by atoms with E-state index in [0.717, 1.165) is 25.0 Å². The molecule has 0 aliphatic heterocycles. The minimum atomic E-state index is -0.462. The van der Waals surface area contributed by atoms with E-state index in [0.29, 0.717) is 12.3 Å². The third-order valence-electron chi connectivity index (χ3n) is 5.93. The van der Waals surface area contributed by atoms with Crippen LogP contribution in [-0.2, 0) is 21.8 Å². The maximum Gasteiger partial charge on any atom is 0.242 e. The summed E-state index contributed by atoms with van der Waals surface area (Å²) in [4.78, 5) is 27.8. The van der Waals surface area contributed by atoms with Gasteiger partial charge in [0.15, 0.2) is 0 Å². The lowest BCUT2D eigenvalue weighted by Gasteiger charge is -2.29. The maximum atomic E-state index is 13.1. The molecule has 2 amide bonds. The highest BCUT2D eigenvalue weighted by atomic mass is 32.2. The van der Waals surface area contributed by atoms with Crippen LogP contribution in [0.4, 0.5) is 0 Å². The molecular formula is C26H34N2O2S. The Bertz CT molecular complexity index is 849. The first-order valence-corrected chi connectivity index (χ1v) is 12.5. The van der Waals surface area contributed by atoms with Crippen molar-refractivity contribution in [1.29, 1.82) is 0 Å². The summed E-state index contributed by atoms with van der Waals surface area (Å²) in [7, 11) is 0. The van der Waals surface area contributed by atoms with E-state index in [1.165, 1.54) is 29.5 Å². The summed E-state index contributed by atoms with van der Waals surface area (Å²) in [6.45, 7) is 4.49. The van der Waals surface area contributed by atoms with Crippen LogP contribution in [0.5, 0.6) is 0 Å². The van der Waals surface area contributed by atoms with Gasteiger partial charge >= 0.3 is 0 Å². The van der Waals surface area contributed by atoms with Gasteiger partial charge in [0.2, 0.25) is 11.8 Å². The SMILES string of the molecule is Cc1cccc(CSCC(=O)N(CCc2ccccc2)C(C)C(=O)NC2CCCC2)c1. The molecule has 0 bridgehead atoms. The quantitative estimate of drug-likeness (QED) is 0.583. The zero-order valence-corrected chi connectivity index (χ0v) is 19.5. The van der Waals surface area contributed by atoms with Crippen molar-refractivity contribution in [2.24, 2.45) is 0 Å². The summed E-state index contributed by atoms with van der Waals surface area (Å²) < 4.78 is 0. The maximum absolute atomic E-state index is 13.1. The van der Waals surface area contributed by atoms with E-state index in [1.54, 1.807) is 16.7 Å². The van der Waals surface area contributed by atoms with Gasteiger partial charge < -0.3 is 10.2 Å². The molecule has 2 aromatic rings. The van der Waals surface area contributed by atoms with Gasteiger partial charge in [0, 0.05) is 18.3 Å². The van der Waals surface area contributed by atoms with Gasteiger partial charge in [-0.25, -0.2) is 0 Å². The number of nitrogens with one attached hydrogen (secondary N) is 1. The van der Waals surface area contributed by atoms with Crippen molar-refractivity contribution < 1.29 is 9.59 Å². The molecule has 1 N–H and O–H groups in total. The number of hydrogen-bond donors (Lipinski definition) is 1. The first-order valence-electron chi connectivity index (χ1n) is 11.3. The third kappa shape index (κ3) is 7.42. The number of thioether (sulfide) groups is 1. The molecular weight excluding hydrogens is 404 g/mol. The fraction of sp³-hybridized carbons (Fsp3) is 0.462. The lowest BCUT2D eigenvalue weighted by molar-refractivity contribution is -0.138. The second kappa shape index (κ2) is 11.9. The number of carbonyl (C=O) groups excluding carboxylic acids is 2. The van der Waals surface area contributed by atoms with E-state index in [4.69, 9.17) is 0 Å². The number of nitrogens with zero attached hydrogens (tertiary/aromatic N) is 1. The second-order valence-electron chi connectivity index (χ2n) is 8.47. The highest BCUT2D eigenvalue weighted by Crippen LogP contribution is 2.19. The molecule has 2 aromatic carbocycles. The van der Waals surface area contributed by atoms with E-state index >= 15 is 0 Å². The average molecular weight is 439 g/mol. The first-order chi connectivity index (χ1) is 15.0. The van der Waals surface area contributed by atoms with E-state index in [-0.39, 0.29) is 17.9 Å². The molecule has 0 heterocycles. The Morgan fingerprint density at radius 3 is 2.48 bits per heavy atom. The predicted octanol–water partition coefficient (Wildman–Crippen LogP) is 4.75. The molecule has 0 spiro atoms. The van der Waals surface area contributed by atoms with Crippen molar-refractivity contribution in [3.8, 4) is 0 Å². The van der Waals surface area contributed by atoms with Gasteiger partial charge in [-0.1, -0.05) is 73.0 Å². The van der Waals surface area contributed by atoms with Gasteiger partial charge in [-0.05, 0) is 44.2 Å². The molecule has 0 aromatic heterocycles. The third-order valence-corrected chi connectivity index (χ3v) is 6.92. The molecule has 0 radical (unpaired) electrons. The van der Waals surface area contributed by atoms with Crippen molar-refractivity contribution >= 4 is 23.6 Å². The molecule has 3 rings (SSSR count). The summed E-state index contributed by atoms with van der Waals surface area (Å²) in [5.41, 5.74) is 3.63. The van der Waals surface area contributed by atoms with Crippen molar-refractivity contribution in [3.63, 3.8) is 0 Å². The van der Waals surface area contributed by atoms with Crippen LogP contribution in [0.3, 0.4) is 0 Å². The van der Waals surface area contributed by atoms with Gasteiger partial charge in [-0.3, -0.25) is 9.59 Å². The van der Waals surface area contributed by atoms with Crippen LogP contribution in [0.2, 0.25) is 0 Å². The zero-order valence-electron chi connectivity index (χ0n) is 18.7. The second-order valence-corrected chi connectivity index (χ2v) is 9.46. The topological polar surface area (TPSA) is 49.4 Å². The molecule has 5 heteroatoms. The molecule has 166 valence electrons. The monoisotopic (exact) mass is 438 g/mol. The van der Waals surface area contributed by atoms with E-state index in [1.807, 2.05) is 25.1 Å². The molecule has 4 nitrogen and oxygen atoms in total. The highest BCUT2D eigenvalue weighted by molar-refractivity contribution is 7.99. The molecule has 1 atom stereocenters. The molecule has 0 saturated heterocycles. The summed E-state index contributed by atoms with van der Waals surface area (Å²) in [5.74, 6) is 1.17. The van der Waals surface area contributed by atoms with Crippen LogP contribution in [0, 0.1) is 6.92 Å². The van der Waals surface area contributed by atoms with E-state index < -0.39 is 6.04 Å². The summed E-state index contributed by atoms with van der Waals surface area (Å²) in [5, 5.41) is 3.16. The van der Waals surface area contributed by atoms with Crippen LogP contribution < -0.4 is 5.32 Å². The smallest absolute Gasteiger partial charge is 0.242 e. The number of hydrogen-bond acceptors (Lipinski definition) is 3. The van der Waals surface area contributed by atoms with Crippen LogP contribution >= 0.6 is 11.8 Å². The van der Waals surface area contributed by atoms with Gasteiger partial charge in [-0.15, -0.1) is 11.8 Å². The minimum absolute atomic E-state index is 0.0302. The highest BCUT2D eigenvalue weighted by Gasteiger charge is 2.28. The van der Waals surface area contributed by atoms with E-state index in [2.05, 4.69) is 48.6 Å².